The Hall–Kier alpha value is -4.40. The molecule has 1 N–H and O–H groups in total. The van der Waals surface area contributed by atoms with E-state index in [4.69, 9.17) is 4.74 Å². The van der Waals surface area contributed by atoms with Gasteiger partial charge in [0.25, 0.3) is 5.56 Å². The first-order chi connectivity index (χ1) is 19.7. The molecule has 42 heavy (non-hydrogen) atoms. The summed E-state index contributed by atoms with van der Waals surface area (Å²) in [7, 11) is 0. The molecule has 2 aliphatic rings. The molecule has 220 valence electrons. The SMILES string of the molecule is CC(C)(C)OC(=O)N1c2cc(F)cc3c(=O)[nH]nc(c23)C(N2CCn3c(nnc3C(F)(F)F)C2)C1c1ccc(F)cc1. The summed E-state index contributed by atoms with van der Waals surface area (Å²) in [6.07, 6.45) is -5.59. The Morgan fingerprint density at radius 1 is 1.00 bits per heavy atom. The first kappa shape index (κ1) is 27.8. The number of anilines is 1. The topological polar surface area (TPSA) is 109 Å². The van der Waals surface area contributed by atoms with Gasteiger partial charge in [0, 0.05) is 18.5 Å². The lowest BCUT2D eigenvalue weighted by Crippen LogP contribution is -2.50. The second-order valence-corrected chi connectivity index (χ2v) is 11.1. The largest absolute Gasteiger partial charge is 0.451 e. The molecule has 10 nitrogen and oxygen atoms in total. The van der Waals surface area contributed by atoms with Crippen molar-refractivity contribution in [3.8, 4) is 0 Å². The zero-order valence-corrected chi connectivity index (χ0v) is 22.5. The number of benzene rings is 2. The number of rotatable bonds is 2. The van der Waals surface area contributed by atoms with E-state index in [1.807, 2.05) is 0 Å². The summed E-state index contributed by atoms with van der Waals surface area (Å²) in [4.78, 5) is 29.6. The third kappa shape index (κ3) is 4.66. The van der Waals surface area contributed by atoms with Gasteiger partial charge in [-0.1, -0.05) is 12.1 Å². The fourth-order valence-corrected chi connectivity index (χ4v) is 5.62. The highest BCUT2D eigenvalue weighted by atomic mass is 19.4. The van der Waals surface area contributed by atoms with Gasteiger partial charge in [-0.2, -0.15) is 18.3 Å². The molecule has 2 aliphatic heterocycles. The van der Waals surface area contributed by atoms with Gasteiger partial charge in [-0.05, 0) is 50.6 Å². The van der Waals surface area contributed by atoms with Crippen LogP contribution in [0, 0.1) is 11.6 Å². The van der Waals surface area contributed by atoms with E-state index in [1.54, 1.807) is 25.7 Å². The van der Waals surface area contributed by atoms with Crippen LogP contribution in [0.2, 0.25) is 0 Å². The Bertz CT molecular complexity index is 1760. The molecule has 1 amide bonds. The smallest absolute Gasteiger partial charge is 0.443 e. The van der Waals surface area contributed by atoms with Crippen molar-refractivity contribution in [2.75, 3.05) is 11.4 Å². The molecule has 6 rings (SSSR count). The molecule has 0 aliphatic carbocycles. The quantitative estimate of drug-likeness (QED) is 0.333. The van der Waals surface area contributed by atoms with Crippen molar-refractivity contribution >= 4 is 22.6 Å². The van der Waals surface area contributed by atoms with Crippen molar-refractivity contribution in [3.63, 3.8) is 0 Å². The van der Waals surface area contributed by atoms with E-state index in [-0.39, 0.29) is 47.6 Å². The first-order valence-electron chi connectivity index (χ1n) is 13.0. The molecule has 4 aromatic rings. The van der Waals surface area contributed by atoms with E-state index in [1.165, 1.54) is 29.2 Å². The van der Waals surface area contributed by atoms with Crippen LogP contribution in [0.1, 0.15) is 55.8 Å². The Labute approximate surface area is 234 Å². The van der Waals surface area contributed by atoms with Crippen LogP contribution >= 0.6 is 0 Å². The number of nitrogens with one attached hydrogen (secondary N) is 1. The molecule has 15 heteroatoms. The molecule has 0 fully saturated rings. The zero-order valence-electron chi connectivity index (χ0n) is 22.5. The predicted octanol–water partition coefficient (Wildman–Crippen LogP) is 4.86. The van der Waals surface area contributed by atoms with Gasteiger partial charge in [0.2, 0.25) is 5.82 Å². The number of nitrogens with zero attached hydrogens (tertiary/aromatic N) is 6. The number of amides is 1. The van der Waals surface area contributed by atoms with Crippen LogP contribution in [0.25, 0.3) is 10.8 Å². The molecule has 0 spiro atoms. The molecule has 0 saturated carbocycles. The number of hydrogen-bond acceptors (Lipinski definition) is 7. The normalized spacial score (nSPS) is 19.2. The molecule has 4 heterocycles. The van der Waals surface area contributed by atoms with Crippen LogP contribution in [-0.4, -0.2) is 48.1 Å². The summed E-state index contributed by atoms with van der Waals surface area (Å²) in [6.45, 7) is 4.71. The van der Waals surface area contributed by atoms with Gasteiger partial charge in [0.05, 0.1) is 35.4 Å². The molecule has 2 unspecified atom stereocenters. The van der Waals surface area contributed by atoms with Crippen LogP contribution in [0.5, 0.6) is 0 Å². The summed E-state index contributed by atoms with van der Waals surface area (Å²) in [5.41, 5.74) is -1.01. The molecule has 0 saturated heterocycles. The number of carbonyl (C=O) groups excluding carboxylic acids is 1. The van der Waals surface area contributed by atoms with Gasteiger partial charge in [-0.3, -0.25) is 14.6 Å². The number of fused-ring (bicyclic) bond motifs is 1. The molecular formula is C27H24F5N7O3. The van der Waals surface area contributed by atoms with Crippen molar-refractivity contribution in [1.82, 2.24) is 29.9 Å². The van der Waals surface area contributed by atoms with Crippen molar-refractivity contribution in [2.24, 2.45) is 0 Å². The Balaban J connectivity index is 1.59. The monoisotopic (exact) mass is 589 g/mol. The van der Waals surface area contributed by atoms with E-state index in [0.717, 1.165) is 16.7 Å². The van der Waals surface area contributed by atoms with Gasteiger partial charge >= 0.3 is 12.3 Å². The average Bonchev–Trinajstić information content (AvgIpc) is 3.33. The van der Waals surface area contributed by atoms with Crippen molar-refractivity contribution < 1.29 is 31.5 Å². The number of alkyl halides is 3. The summed E-state index contributed by atoms with van der Waals surface area (Å²) < 4.78 is 76.3. The maximum Gasteiger partial charge on any atom is 0.451 e. The van der Waals surface area contributed by atoms with Crippen LogP contribution in [0.15, 0.2) is 41.2 Å². The van der Waals surface area contributed by atoms with E-state index >= 15 is 0 Å². The number of carbonyl (C=O) groups is 1. The molecule has 2 aromatic heterocycles. The summed E-state index contributed by atoms with van der Waals surface area (Å²) in [6, 6.07) is 5.45. The molecule has 0 radical (unpaired) electrons. The molecular weight excluding hydrogens is 565 g/mol. The first-order valence-corrected chi connectivity index (χ1v) is 13.0. The highest BCUT2D eigenvalue weighted by Crippen LogP contribution is 2.50. The van der Waals surface area contributed by atoms with Gasteiger partial charge in [-0.15, -0.1) is 10.2 Å². The van der Waals surface area contributed by atoms with Crippen LogP contribution < -0.4 is 10.5 Å². The van der Waals surface area contributed by atoms with Crippen molar-refractivity contribution in [2.45, 2.75) is 57.7 Å². The lowest BCUT2D eigenvalue weighted by molar-refractivity contribution is -0.148. The van der Waals surface area contributed by atoms with Crippen molar-refractivity contribution in [3.05, 3.63) is 81.3 Å². The minimum absolute atomic E-state index is 0.0120. The summed E-state index contributed by atoms with van der Waals surface area (Å²) >= 11 is 0. The maximum atomic E-state index is 15.0. The Morgan fingerprint density at radius 3 is 2.38 bits per heavy atom. The lowest BCUT2D eigenvalue weighted by atomic mass is 9.86. The number of hydrogen-bond donors (Lipinski definition) is 1. The van der Waals surface area contributed by atoms with Gasteiger partial charge in [0.1, 0.15) is 23.1 Å². The van der Waals surface area contributed by atoms with Gasteiger partial charge < -0.3 is 9.30 Å². The molecule has 2 atom stereocenters. The predicted molar refractivity (Wildman–Crippen MR) is 138 cm³/mol. The minimum Gasteiger partial charge on any atom is -0.443 e. The second kappa shape index (κ2) is 9.58. The van der Waals surface area contributed by atoms with Crippen molar-refractivity contribution in [1.29, 1.82) is 0 Å². The van der Waals surface area contributed by atoms with E-state index in [0.29, 0.717) is 5.56 Å². The van der Waals surface area contributed by atoms with E-state index in [9.17, 15) is 31.5 Å². The maximum absolute atomic E-state index is 15.0. The third-order valence-electron chi connectivity index (χ3n) is 7.21. The number of aromatic nitrogens is 5. The summed E-state index contributed by atoms with van der Waals surface area (Å²) in [5, 5.41) is 13.9. The second-order valence-electron chi connectivity index (χ2n) is 11.1. The number of aromatic amines is 1. The van der Waals surface area contributed by atoms with E-state index < -0.39 is 53.0 Å². The van der Waals surface area contributed by atoms with Crippen LogP contribution in [0.4, 0.5) is 32.4 Å². The Morgan fingerprint density at radius 2 is 1.71 bits per heavy atom. The fourth-order valence-electron chi connectivity index (χ4n) is 5.62. The highest BCUT2D eigenvalue weighted by molar-refractivity contribution is 6.04. The van der Waals surface area contributed by atoms with Crippen LogP contribution in [-0.2, 0) is 24.0 Å². The fraction of sp³-hybridized carbons (Fsp3) is 0.370. The molecule has 2 aromatic carbocycles. The lowest BCUT2D eigenvalue weighted by Gasteiger charge is -2.46. The van der Waals surface area contributed by atoms with Gasteiger partial charge in [0.15, 0.2) is 0 Å². The minimum atomic E-state index is -4.71. The Kier molecular flexibility index (Phi) is 6.33. The summed E-state index contributed by atoms with van der Waals surface area (Å²) in [5.74, 6) is -2.44. The molecule has 0 bridgehead atoms. The number of ether oxygens (including phenoxy) is 1. The zero-order chi connectivity index (χ0) is 30.1. The number of halogens is 5. The standard InChI is InChI=1S/C27H24F5N7O3/c1-26(2,3)42-25(41)39-17-11-15(29)10-16-19(17)20(34-35-23(16)40)22(21(39)13-4-6-14(28)7-5-13)37-8-9-38-18(12-37)33-36-24(38)27(30,31)32/h4-7,10-11,21-22H,8-9,12H2,1-3H3,(H,35,40). The average molecular weight is 590 g/mol. The third-order valence-corrected chi connectivity index (χ3v) is 7.21. The number of H-pyrrole nitrogens is 1. The van der Waals surface area contributed by atoms with E-state index in [2.05, 4.69) is 20.4 Å². The van der Waals surface area contributed by atoms with Crippen LogP contribution in [0.3, 0.4) is 0 Å². The van der Waals surface area contributed by atoms with Gasteiger partial charge in [-0.25, -0.2) is 18.7 Å². The highest BCUT2D eigenvalue weighted by Gasteiger charge is 2.48.